The quantitative estimate of drug-likeness (QED) is 0.895. The number of carbonyl (C=O) groups excluding carboxylic acids is 2. The summed E-state index contributed by atoms with van der Waals surface area (Å²) >= 11 is 0. The fourth-order valence-corrected chi connectivity index (χ4v) is 1.76. The van der Waals surface area contributed by atoms with Crippen LogP contribution in [0.5, 0.6) is 0 Å². The van der Waals surface area contributed by atoms with Gasteiger partial charge in [-0.25, -0.2) is 0 Å². The Labute approximate surface area is 122 Å². The lowest BCUT2D eigenvalue weighted by molar-refractivity contribution is 0.0827. The first-order valence-electron chi connectivity index (χ1n) is 6.43. The van der Waals surface area contributed by atoms with Gasteiger partial charge in [-0.2, -0.15) is 0 Å². The third-order valence-electron chi connectivity index (χ3n) is 2.88. The van der Waals surface area contributed by atoms with Crippen LogP contribution in [-0.2, 0) is 6.54 Å². The van der Waals surface area contributed by atoms with Crippen LogP contribution in [-0.4, -0.2) is 30.8 Å². The van der Waals surface area contributed by atoms with Gasteiger partial charge in [0.2, 0.25) is 0 Å². The van der Waals surface area contributed by atoms with E-state index in [4.69, 9.17) is 10.2 Å². The van der Waals surface area contributed by atoms with Crippen LogP contribution in [0.15, 0.2) is 40.8 Å². The maximum atomic E-state index is 11.9. The molecule has 0 saturated heterocycles. The first kappa shape index (κ1) is 14.8. The third kappa shape index (κ3) is 3.49. The second-order valence-corrected chi connectivity index (χ2v) is 4.70. The number of anilines is 1. The van der Waals surface area contributed by atoms with Crippen LogP contribution >= 0.6 is 0 Å². The molecule has 0 bridgehead atoms. The van der Waals surface area contributed by atoms with E-state index in [1.54, 1.807) is 50.5 Å². The summed E-state index contributed by atoms with van der Waals surface area (Å²) < 4.78 is 5.26. The van der Waals surface area contributed by atoms with Crippen molar-refractivity contribution in [2.45, 2.75) is 6.54 Å². The first-order valence-corrected chi connectivity index (χ1v) is 6.43. The highest BCUT2D eigenvalue weighted by atomic mass is 16.4. The van der Waals surface area contributed by atoms with Gasteiger partial charge >= 0.3 is 0 Å². The van der Waals surface area contributed by atoms with Gasteiger partial charge in [-0.1, -0.05) is 0 Å². The molecule has 6 nitrogen and oxygen atoms in total. The van der Waals surface area contributed by atoms with Gasteiger partial charge < -0.3 is 20.4 Å². The van der Waals surface area contributed by atoms with E-state index < -0.39 is 0 Å². The molecule has 0 atom stereocenters. The summed E-state index contributed by atoms with van der Waals surface area (Å²) in [6, 6.07) is 9.88. The molecule has 6 heteroatoms. The summed E-state index contributed by atoms with van der Waals surface area (Å²) in [5, 5.41) is 2.69. The second-order valence-electron chi connectivity index (χ2n) is 4.70. The van der Waals surface area contributed by atoms with E-state index in [9.17, 15) is 9.59 Å². The Morgan fingerprint density at radius 3 is 2.33 bits per heavy atom. The number of carbonyl (C=O) groups is 2. The highest BCUT2D eigenvalue weighted by Gasteiger charge is 2.12. The van der Waals surface area contributed by atoms with Gasteiger partial charge in [0.15, 0.2) is 5.76 Å². The van der Waals surface area contributed by atoms with Crippen molar-refractivity contribution in [3.63, 3.8) is 0 Å². The molecule has 0 aliphatic heterocycles. The van der Waals surface area contributed by atoms with Gasteiger partial charge in [0.25, 0.3) is 11.8 Å². The van der Waals surface area contributed by atoms with Crippen LogP contribution in [0.2, 0.25) is 0 Å². The topological polar surface area (TPSA) is 88.6 Å². The fraction of sp³-hybridized carbons (Fsp3) is 0.200. The lowest BCUT2D eigenvalue weighted by Crippen LogP contribution is -2.21. The van der Waals surface area contributed by atoms with Gasteiger partial charge in [-0.3, -0.25) is 9.59 Å². The summed E-state index contributed by atoms with van der Waals surface area (Å²) in [6.45, 7) is 0.245. The predicted octanol–water partition coefficient (Wildman–Crippen LogP) is 1.69. The molecule has 110 valence electrons. The fourth-order valence-electron chi connectivity index (χ4n) is 1.76. The number of rotatable bonds is 4. The highest BCUT2D eigenvalue weighted by molar-refractivity contribution is 6.02. The number of hydrogen-bond acceptors (Lipinski definition) is 4. The van der Waals surface area contributed by atoms with Crippen LogP contribution in [0.25, 0.3) is 0 Å². The molecule has 0 aliphatic rings. The van der Waals surface area contributed by atoms with E-state index in [1.165, 1.54) is 4.90 Å². The van der Waals surface area contributed by atoms with Crippen LogP contribution in [0.1, 0.15) is 26.7 Å². The largest absolute Gasteiger partial charge is 0.455 e. The summed E-state index contributed by atoms with van der Waals surface area (Å²) in [5.74, 6) is 0.295. The third-order valence-corrected chi connectivity index (χ3v) is 2.88. The van der Waals surface area contributed by atoms with Gasteiger partial charge in [0.1, 0.15) is 5.76 Å². The van der Waals surface area contributed by atoms with Crippen molar-refractivity contribution >= 4 is 17.5 Å². The van der Waals surface area contributed by atoms with E-state index in [1.807, 2.05) is 0 Å². The number of hydrogen-bond donors (Lipinski definition) is 2. The molecule has 1 aromatic heterocycles. The standard InChI is InChI=1S/C15H17N3O3/c1-18(2)15(20)10-3-5-11(6-4-10)17-14(19)13-8-7-12(9-16)21-13/h3-8H,9,16H2,1-2H3,(H,17,19). The number of amides is 2. The molecule has 2 aromatic rings. The average molecular weight is 287 g/mol. The van der Waals surface area contributed by atoms with E-state index >= 15 is 0 Å². The maximum absolute atomic E-state index is 11.9. The van der Waals surface area contributed by atoms with Crippen LogP contribution in [0, 0.1) is 0 Å². The zero-order valence-corrected chi connectivity index (χ0v) is 11.9. The van der Waals surface area contributed by atoms with E-state index in [0.29, 0.717) is 17.0 Å². The lowest BCUT2D eigenvalue weighted by Gasteiger charge is -2.10. The molecule has 0 aliphatic carbocycles. The number of furan rings is 1. The van der Waals surface area contributed by atoms with Gasteiger partial charge in [0.05, 0.1) is 6.54 Å². The Kier molecular flexibility index (Phi) is 4.39. The molecule has 0 fully saturated rings. The predicted molar refractivity (Wildman–Crippen MR) is 79.0 cm³/mol. The molecule has 2 rings (SSSR count). The number of benzene rings is 1. The molecular weight excluding hydrogens is 270 g/mol. The maximum Gasteiger partial charge on any atom is 0.291 e. The van der Waals surface area contributed by atoms with Crippen molar-refractivity contribution < 1.29 is 14.0 Å². The Hall–Kier alpha value is -2.60. The molecule has 1 aromatic carbocycles. The molecule has 21 heavy (non-hydrogen) atoms. The van der Waals surface area contributed by atoms with Crippen molar-refractivity contribution in [3.8, 4) is 0 Å². The van der Waals surface area contributed by atoms with Crippen molar-refractivity contribution in [2.75, 3.05) is 19.4 Å². The van der Waals surface area contributed by atoms with Crippen molar-refractivity contribution in [3.05, 3.63) is 53.5 Å². The summed E-state index contributed by atoms with van der Waals surface area (Å²) in [7, 11) is 3.37. The Morgan fingerprint density at radius 1 is 1.14 bits per heavy atom. The lowest BCUT2D eigenvalue weighted by atomic mass is 10.2. The zero-order chi connectivity index (χ0) is 15.4. The van der Waals surface area contributed by atoms with Crippen LogP contribution in [0.3, 0.4) is 0 Å². The first-order chi connectivity index (χ1) is 10.0. The summed E-state index contributed by atoms with van der Waals surface area (Å²) in [6.07, 6.45) is 0. The van der Waals surface area contributed by atoms with Crippen molar-refractivity contribution in [1.82, 2.24) is 4.90 Å². The minimum atomic E-state index is -0.360. The average Bonchev–Trinajstić information content (AvgIpc) is 2.96. The Bertz CT molecular complexity index is 644. The number of nitrogens with two attached hydrogens (primary N) is 1. The molecule has 3 N–H and O–H groups in total. The molecule has 0 unspecified atom stereocenters. The molecule has 0 saturated carbocycles. The minimum Gasteiger partial charge on any atom is -0.455 e. The van der Waals surface area contributed by atoms with Crippen LogP contribution < -0.4 is 11.1 Å². The van der Waals surface area contributed by atoms with Crippen LogP contribution in [0.4, 0.5) is 5.69 Å². The van der Waals surface area contributed by atoms with Gasteiger partial charge in [-0.05, 0) is 36.4 Å². The molecule has 2 amide bonds. The van der Waals surface area contributed by atoms with Gasteiger partial charge in [-0.15, -0.1) is 0 Å². The van der Waals surface area contributed by atoms with E-state index in [-0.39, 0.29) is 24.1 Å². The summed E-state index contributed by atoms with van der Waals surface area (Å²) in [5.41, 5.74) is 6.56. The molecule has 0 radical (unpaired) electrons. The Morgan fingerprint density at radius 2 is 1.81 bits per heavy atom. The van der Waals surface area contributed by atoms with Crippen molar-refractivity contribution in [1.29, 1.82) is 0 Å². The summed E-state index contributed by atoms with van der Waals surface area (Å²) in [4.78, 5) is 25.2. The SMILES string of the molecule is CN(C)C(=O)c1ccc(NC(=O)c2ccc(CN)o2)cc1. The van der Waals surface area contributed by atoms with Gasteiger partial charge in [0, 0.05) is 25.3 Å². The zero-order valence-electron chi connectivity index (χ0n) is 11.9. The van der Waals surface area contributed by atoms with Crippen molar-refractivity contribution in [2.24, 2.45) is 5.73 Å². The Balaban J connectivity index is 2.06. The van der Waals surface area contributed by atoms with E-state index in [2.05, 4.69) is 5.32 Å². The minimum absolute atomic E-state index is 0.0912. The number of nitrogens with zero attached hydrogens (tertiary/aromatic N) is 1. The molecular formula is C15H17N3O3. The smallest absolute Gasteiger partial charge is 0.291 e. The molecule has 1 heterocycles. The van der Waals surface area contributed by atoms with E-state index in [0.717, 1.165) is 0 Å². The second kappa shape index (κ2) is 6.23. The molecule has 0 spiro atoms. The normalized spacial score (nSPS) is 10.2. The monoisotopic (exact) mass is 287 g/mol. The highest BCUT2D eigenvalue weighted by Crippen LogP contribution is 2.14. The number of nitrogens with one attached hydrogen (secondary N) is 1.